The van der Waals surface area contributed by atoms with Crippen LogP contribution in [0.5, 0.6) is 0 Å². The minimum Gasteiger partial charge on any atom is -0.352 e. The molecule has 1 amide bonds. The lowest BCUT2D eigenvalue weighted by molar-refractivity contribution is 0.0953. The number of nitrogens with zero attached hydrogens (tertiary/aromatic N) is 7. The number of fused-ring (bicyclic) bond motifs is 1. The molecular weight excluding hydrogens is 424 g/mol. The van der Waals surface area contributed by atoms with E-state index in [0.29, 0.717) is 24.6 Å². The molecule has 0 spiro atoms. The molecule has 5 rings (SSSR count). The first-order valence-corrected chi connectivity index (χ1v) is 11.4. The van der Waals surface area contributed by atoms with E-state index in [4.69, 9.17) is 0 Å². The van der Waals surface area contributed by atoms with Gasteiger partial charge in [-0.2, -0.15) is 0 Å². The molecule has 0 saturated carbocycles. The van der Waals surface area contributed by atoms with Gasteiger partial charge in [0.1, 0.15) is 0 Å². The van der Waals surface area contributed by atoms with Crippen molar-refractivity contribution in [2.24, 2.45) is 0 Å². The normalized spacial score (nSPS) is 17.0. The molecule has 1 aliphatic rings. The number of hydrogen-bond acceptors (Lipinski definition) is 8. The van der Waals surface area contributed by atoms with Gasteiger partial charge in [-0.05, 0) is 43.1 Å². The summed E-state index contributed by atoms with van der Waals surface area (Å²) in [6.45, 7) is 2.98. The Hall–Kier alpha value is -3.37. The molecule has 1 atom stereocenters. The maximum atomic E-state index is 12.7. The summed E-state index contributed by atoms with van der Waals surface area (Å²) < 4.78 is 1.92. The summed E-state index contributed by atoms with van der Waals surface area (Å²) in [7, 11) is 2.08. The molecule has 0 aliphatic carbocycles. The van der Waals surface area contributed by atoms with Crippen molar-refractivity contribution in [2.75, 3.05) is 38.1 Å². The molecule has 0 aromatic carbocycles. The van der Waals surface area contributed by atoms with Gasteiger partial charge in [-0.15, -0.1) is 21.5 Å². The largest absolute Gasteiger partial charge is 0.352 e. The van der Waals surface area contributed by atoms with E-state index in [1.54, 1.807) is 29.8 Å². The molecule has 9 nitrogen and oxygen atoms in total. The maximum absolute atomic E-state index is 12.7. The highest BCUT2D eigenvalue weighted by atomic mass is 32.1. The van der Waals surface area contributed by atoms with Crippen LogP contribution in [0.4, 0.5) is 5.95 Å². The maximum Gasteiger partial charge on any atom is 0.252 e. The number of hydrogen-bond donors (Lipinski definition) is 1. The molecule has 1 fully saturated rings. The molecule has 4 aromatic rings. The first-order valence-electron chi connectivity index (χ1n) is 10.6. The lowest BCUT2D eigenvalue weighted by Gasteiger charge is -2.38. The highest BCUT2D eigenvalue weighted by Gasteiger charge is 2.30. The summed E-state index contributed by atoms with van der Waals surface area (Å²) >= 11 is 1.70. The van der Waals surface area contributed by atoms with Gasteiger partial charge in [0.25, 0.3) is 5.91 Å². The van der Waals surface area contributed by atoms with Crippen LogP contribution >= 0.6 is 11.3 Å². The Labute approximate surface area is 189 Å². The fourth-order valence-corrected chi connectivity index (χ4v) is 4.62. The summed E-state index contributed by atoms with van der Waals surface area (Å²) in [4.78, 5) is 27.2. The number of pyridine rings is 1. The third-order valence-corrected chi connectivity index (χ3v) is 6.65. The molecule has 5 heterocycles. The standard InChI is InChI=1S/C22H24N8OS/c1-28-11-12-29(22-24-8-3-9-25-22)15-18(28)20-27-26-19-6-5-16(14-30(19)20)21(31)23-10-7-17-4-2-13-32-17/h2-6,8-9,13-14,18H,7,10-12,15H2,1H3,(H,23,31)/t18-/m1/s1. The molecule has 0 radical (unpaired) electrons. The quantitative estimate of drug-likeness (QED) is 0.483. The predicted octanol–water partition coefficient (Wildman–Crippen LogP) is 2.05. The third kappa shape index (κ3) is 4.19. The number of thiophene rings is 1. The zero-order chi connectivity index (χ0) is 21.9. The molecular formula is C22H24N8OS. The monoisotopic (exact) mass is 448 g/mol. The first kappa shape index (κ1) is 20.5. The van der Waals surface area contributed by atoms with Crippen molar-refractivity contribution in [1.29, 1.82) is 0 Å². The van der Waals surface area contributed by atoms with Crippen LogP contribution in [0.3, 0.4) is 0 Å². The highest BCUT2D eigenvalue weighted by Crippen LogP contribution is 2.25. The number of aromatic nitrogens is 5. The number of amides is 1. The van der Waals surface area contributed by atoms with Gasteiger partial charge in [-0.1, -0.05) is 6.07 Å². The van der Waals surface area contributed by atoms with Crippen LogP contribution < -0.4 is 10.2 Å². The Morgan fingerprint density at radius 1 is 1.16 bits per heavy atom. The SMILES string of the molecule is CN1CCN(c2ncccn2)C[C@@H]1c1nnc2ccc(C(=O)NCCc3cccs3)cn12. The number of carbonyl (C=O) groups is 1. The Morgan fingerprint density at radius 3 is 2.84 bits per heavy atom. The van der Waals surface area contributed by atoms with E-state index < -0.39 is 0 Å². The third-order valence-electron chi connectivity index (χ3n) is 5.71. The van der Waals surface area contributed by atoms with Crippen molar-refractivity contribution >= 4 is 28.8 Å². The zero-order valence-electron chi connectivity index (χ0n) is 17.8. The van der Waals surface area contributed by atoms with Gasteiger partial charge < -0.3 is 10.2 Å². The van der Waals surface area contributed by atoms with Crippen molar-refractivity contribution in [3.8, 4) is 0 Å². The van der Waals surface area contributed by atoms with Gasteiger partial charge in [0.15, 0.2) is 11.5 Å². The average Bonchev–Trinajstić information content (AvgIpc) is 3.49. The van der Waals surface area contributed by atoms with E-state index in [2.05, 4.69) is 48.4 Å². The fraction of sp³-hybridized carbons (Fsp3) is 0.318. The minimum absolute atomic E-state index is 0.000282. The topological polar surface area (TPSA) is 91.6 Å². The smallest absolute Gasteiger partial charge is 0.252 e. The van der Waals surface area contributed by atoms with E-state index in [1.165, 1.54) is 4.88 Å². The second-order valence-electron chi connectivity index (χ2n) is 7.78. The van der Waals surface area contributed by atoms with Crippen LogP contribution in [0.2, 0.25) is 0 Å². The molecule has 0 unspecified atom stereocenters. The van der Waals surface area contributed by atoms with Crippen LogP contribution in [0, 0.1) is 0 Å². The summed E-state index contributed by atoms with van der Waals surface area (Å²) in [5.74, 6) is 1.42. The number of carbonyl (C=O) groups excluding carboxylic acids is 1. The highest BCUT2D eigenvalue weighted by molar-refractivity contribution is 7.09. The van der Waals surface area contributed by atoms with Gasteiger partial charge in [-0.3, -0.25) is 14.1 Å². The first-order chi connectivity index (χ1) is 15.7. The van der Waals surface area contributed by atoms with Crippen LogP contribution in [-0.4, -0.2) is 68.6 Å². The number of piperazine rings is 1. The Kier molecular flexibility index (Phi) is 5.78. The van der Waals surface area contributed by atoms with E-state index in [0.717, 1.165) is 31.0 Å². The van der Waals surface area contributed by atoms with E-state index >= 15 is 0 Å². The van der Waals surface area contributed by atoms with Crippen LogP contribution in [0.15, 0.2) is 54.3 Å². The van der Waals surface area contributed by atoms with Gasteiger partial charge in [0.2, 0.25) is 5.95 Å². The predicted molar refractivity (Wildman–Crippen MR) is 123 cm³/mol. The molecule has 1 N–H and O–H groups in total. The van der Waals surface area contributed by atoms with Gasteiger partial charge in [0.05, 0.1) is 11.6 Å². The lowest BCUT2D eigenvalue weighted by atomic mass is 10.1. The van der Waals surface area contributed by atoms with Crippen molar-refractivity contribution < 1.29 is 4.79 Å². The minimum atomic E-state index is -0.0978. The fourth-order valence-electron chi connectivity index (χ4n) is 3.91. The van der Waals surface area contributed by atoms with E-state index in [1.807, 2.05) is 34.2 Å². The molecule has 32 heavy (non-hydrogen) atoms. The van der Waals surface area contributed by atoms with Gasteiger partial charge in [0, 0.05) is 49.6 Å². The summed E-state index contributed by atoms with van der Waals surface area (Å²) in [6.07, 6.45) is 6.17. The van der Waals surface area contributed by atoms with Gasteiger partial charge >= 0.3 is 0 Å². The number of anilines is 1. The van der Waals surface area contributed by atoms with E-state index in [-0.39, 0.29) is 11.9 Å². The van der Waals surface area contributed by atoms with Crippen LogP contribution in [0.25, 0.3) is 5.65 Å². The zero-order valence-corrected chi connectivity index (χ0v) is 18.6. The lowest BCUT2D eigenvalue weighted by Crippen LogP contribution is -2.47. The van der Waals surface area contributed by atoms with Crippen molar-refractivity contribution in [3.05, 3.63) is 70.6 Å². The summed E-state index contributed by atoms with van der Waals surface area (Å²) in [6, 6.07) is 9.55. The Balaban J connectivity index is 1.35. The number of nitrogens with one attached hydrogen (secondary N) is 1. The molecule has 10 heteroatoms. The Bertz CT molecular complexity index is 1190. The van der Waals surface area contributed by atoms with E-state index in [9.17, 15) is 4.79 Å². The summed E-state index contributed by atoms with van der Waals surface area (Å²) in [5, 5.41) is 13.9. The second-order valence-corrected chi connectivity index (χ2v) is 8.81. The van der Waals surface area contributed by atoms with Crippen molar-refractivity contribution in [1.82, 2.24) is 34.8 Å². The van der Waals surface area contributed by atoms with Crippen LogP contribution in [-0.2, 0) is 6.42 Å². The summed E-state index contributed by atoms with van der Waals surface area (Å²) in [5.41, 5.74) is 1.31. The second kappa shape index (κ2) is 9.01. The molecule has 4 aromatic heterocycles. The number of likely N-dealkylation sites (N-methyl/N-ethyl adjacent to an activating group) is 1. The number of rotatable bonds is 6. The molecule has 0 bridgehead atoms. The van der Waals surface area contributed by atoms with Gasteiger partial charge in [-0.25, -0.2) is 9.97 Å². The average molecular weight is 449 g/mol. The Morgan fingerprint density at radius 2 is 2.03 bits per heavy atom. The van der Waals surface area contributed by atoms with Crippen molar-refractivity contribution in [3.63, 3.8) is 0 Å². The molecule has 1 aliphatic heterocycles. The molecule has 1 saturated heterocycles. The van der Waals surface area contributed by atoms with Crippen LogP contribution in [0.1, 0.15) is 27.1 Å². The van der Waals surface area contributed by atoms with Crippen molar-refractivity contribution in [2.45, 2.75) is 12.5 Å². The molecule has 164 valence electrons.